The van der Waals surface area contributed by atoms with E-state index < -0.39 is 0 Å². The minimum absolute atomic E-state index is 0.138. The van der Waals surface area contributed by atoms with Crippen LogP contribution in [0.5, 0.6) is 0 Å². The fraction of sp³-hybridized carbons (Fsp3) is 0.431. The van der Waals surface area contributed by atoms with Crippen LogP contribution in [0.4, 0.5) is 0 Å². The Morgan fingerprint density at radius 1 is 0.481 bits per heavy atom. The Bertz CT molecular complexity index is 2150. The molecule has 0 spiro atoms. The van der Waals surface area contributed by atoms with Gasteiger partial charge in [0.15, 0.2) is 5.82 Å². The molecule has 8 atom stereocenters. The summed E-state index contributed by atoms with van der Waals surface area (Å²) in [5, 5.41) is 9.84. The topological polar surface area (TPSA) is 49.6 Å². The van der Waals surface area contributed by atoms with Crippen molar-refractivity contribution in [3.05, 3.63) is 120 Å². The van der Waals surface area contributed by atoms with E-state index >= 15 is 0 Å². The normalized spacial score (nSPS) is 30.4. The highest BCUT2D eigenvalue weighted by Crippen LogP contribution is 2.56. The third-order valence-electron chi connectivity index (χ3n) is 14.0. The number of rotatable bonds is 6. The standard InChI is InChI=1S/C51H55N3/c1-33-17-38-18-34(2)27-50(26-33,30-38)45-15-13-41(14-16-45)48-25-47(40-10-6-5-7-11-40)53-49(54-48)44-22-43(42-12-8-9-37(21-42)32-52)23-46(24-44)51-28-35(3)19-39(31-51)20-36(4)29-51/h5-16,21-25,33-36,38-39H,17-20,26-31H2,1-4H3/t33-,34+,35-,36+,38?,39?,50?,51?. The van der Waals surface area contributed by atoms with Crippen LogP contribution in [0.2, 0.25) is 0 Å². The molecule has 3 nitrogen and oxygen atoms in total. The molecule has 9 rings (SSSR count). The minimum atomic E-state index is 0.138. The zero-order chi connectivity index (χ0) is 37.0. The van der Waals surface area contributed by atoms with Crippen molar-refractivity contribution in [3.63, 3.8) is 0 Å². The summed E-state index contributed by atoms with van der Waals surface area (Å²) in [7, 11) is 0. The third-order valence-corrected chi connectivity index (χ3v) is 14.0. The predicted octanol–water partition coefficient (Wildman–Crippen LogP) is 13.2. The van der Waals surface area contributed by atoms with Crippen LogP contribution in [-0.4, -0.2) is 9.97 Å². The lowest BCUT2D eigenvalue weighted by molar-refractivity contribution is 0.0779. The average molecular weight is 710 g/mol. The second kappa shape index (κ2) is 13.9. The molecule has 4 bridgehead atoms. The maximum atomic E-state index is 9.84. The fourth-order valence-corrected chi connectivity index (χ4v) is 12.6. The van der Waals surface area contributed by atoms with Gasteiger partial charge < -0.3 is 0 Å². The number of hydrogen-bond donors (Lipinski definition) is 0. The minimum Gasteiger partial charge on any atom is -0.228 e. The van der Waals surface area contributed by atoms with Crippen molar-refractivity contribution in [1.29, 1.82) is 5.26 Å². The van der Waals surface area contributed by atoms with Crippen molar-refractivity contribution >= 4 is 0 Å². The summed E-state index contributed by atoms with van der Waals surface area (Å²) in [5.41, 5.74) is 11.5. The molecule has 4 aromatic carbocycles. The Labute approximate surface area is 323 Å². The fourth-order valence-electron chi connectivity index (χ4n) is 12.6. The summed E-state index contributed by atoms with van der Waals surface area (Å²) in [6.45, 7) is 9.87. The zero-order valence-corrected chi connectivity index (χ0v) is 32.7. The Morgan fingerprint density at radius 2 is 1.00 bits per heavy atom. The van der Waals surface area contributed by atoms with Gasteiger partial charge >= 0.3 is 0 Å². The van der Waals surface area contributed by atoms with Crippen molar-refractivity contribution in [2.45, 2.75) is 103 Å². The van der Waals surface area contributed by atoms with Crippen LogP contribution in [0.3, 0.4) is 0 Å². The number of fused-ring (bicyclic) bond motifs is 4. The third kappa shape index (κ3) is 6.72. The van der Waals surface area contributed by atoms with Crippen LogP contribution < -0.4 is 0 Å². The predicted molar refractivity (Wildman–Crippen MR) is 222 cm³/mol. The van der Waals surface area contributed by atoms with E-state index in [1.54, 1.807) is 0 Å². The zero-order valence-electron chi connectivity index (χ0n) is 32.7. The first kappa shape index (κ1) is 35.2. The van der Waals surface area contributed by atoms with E-state index in [0.29, 0.717) is 22.8 Å². The number of nitrogens with zero attached hydrogens (tertiary/aromatic N) is 3. The molecule has 4 saturated carbocycles. The Morgan fingerprint density at radius 3 is 1.57 bits per heavy atom. The second-order valence-corrected chi connectivity index (χ2v) is 18.8. The quantitative estimate of drug-likeness (QED) is 0.176. The molecule has 0 radical (unpaired) electrons. The van der Waals surface area contributed by atoms with Gasteiger partial charge in [0.2, 0.25) is 0 Å². The maximum Gasteiger partial charge on any atom is 0.160 e. The van der Waals surface area contributed by atoms with Crippen LogP contribution in [0.25, 0.3) is 45.0 Å². The summed E-state index contributed by atoms with van der Waals surface area (Å²) in [6.07, 6.45) is 13.1. The Hall–Kier alpha value is -4.55. The van der Waals surface area contributed by atoms with E-state index in [2.05, 4.69) is 119 Å². The molecule has 4 aliphatic carbocycles. The Balaban J connectivity index is 1.18. The molecule has 274 valence electrons. The van der Waals surface area contributed by atoms with Crippen molar-refractivity contribution in [2.75, 3.05) is 0 Å². The molecular weight excluding hydrogens is 655 g/mol. The van der Waals surface area contributed by atoms with Gasteiger partial charge in [-0.1, -0.05) is 100 Å². The van der Waals surface area contributed by atoms with E-state index in [0.717, 1.165) is 68.7 Å². The van der Waals surface area contributed by atoms with Gasteiger partial charge in [0.25, 0.3) is 0 Å². The molecule has 1 aromatic heterocycles. The summed E-state index contributed by atoms with van der Waals surface area (Å²) in [6, 6.07) is 39.9. The number of benzene rings is 4. The highest BCUT2D eigenvalue weighted by Gasteiger charge is 2.46. The SMILES string of the molecule is C[C@@H]1CC2C[C@H](C)CC(c3ccc(-c4cc(-c5ccccc5)nc(-c5cc(-c6cccc(C#N)c6)cc(C67CC(C[C@@H](C)C6)C[C@H](C)C7)c5)n4)cc3)(C2)C1. The largest absolute Gasteiger partial charge is 0.228 e. The van der Waals surface area contributed by atoms with Crippen LogP contribution in [-0.2, 0) is 10.8 Å². The van der Waals surface area contributed by atoms with E-state index in [4.69, 9.17) is 9.97 Å². The Kier molecular flexibility index (Phi) is 9.08. The van der Waals surface area contributed by atoms with Crippen LogP contribution in [0, 0.1) is 46.8 Å². The highest BCUT2D eigenvalue weighted by molar-refractivity contribution is 5.76. The van der Waals surface area contributed by atoms with Crippen molar-refractivity contribution in [1.82, 2.24) is 9.97 Å². The van der Waals surface area contributed by atoms with Gasteiger partial charge in [-0.25, -0.2) is 9.97 Å². The molecule has 1 heterocycles. The first-order valence-corrected chi connectivity index (χ1v) is 20.9. The van der Waals surface area contributed by atoms with Gasteiger partial charge in [-0.15, -0.1) is 0 Å². The summed E-state index contributed by atoms with van der Waals surface area (Å²) in [5.74, 6) is 5.38. The molecule has 4 aliphatic rings. The monoisotopic (exact) mass is 709 g/mol. The summed E-state index contributed by atoms with van der Waals surface area (Å²) >= 11 is 0. The molecule has 0 saturated heterocycles. The lowest BCUT2D eigenvalue weighted by Gasteiger charge is -2.50. The maximum absolute atomic E-state index is 9.84. The first-order chi connectivity index (χ1) is 26.2. The molecule has 0 amide bonds. The molecule has 0 N–H and O–H groups in total. The average Bonchev–Trinajstić information content (AvgIpc) is 3.17. The van der Waals surface area contributed by atoms with Crippen molar-refractivity contribution in [3.8, 4) is 51.1 Å². The molecular formula is C51H55N3. The van der Waals surface area contributed by atoms with Gasteiger partial charge in [-0.2, -0.15) is 5.26 Å². The van der Waals surface area contributed by atoms with Gasteiger partial charge in [0.05, 0.1) is 23.0 Å². The lowest BCUT2D eigenvalue weighted by atomic mass is 9.54. The van der Waals surface area contributed by atoms with E-state index in [1.807, 2.05) is 18.2 Å². The van der Waals surface area contributed by atoms with Crippen LogP contribution in [0.15, 0.2) is 103 Å². The first-order valence-electron chi connectivity index (χ1n) is 20.9. The molecule has 54 heavy (non-hydrogen) atoms. The lowest BCUT2D eigenvalue weighted by Crippen LogP contribution is -2.42. The van der Waals surface area contributed by atoms with Crippen molar-refractivity contribution in [2.24, 2.45) is 35.5 Å². The van der Waals surface area contributed by atoms with E-state index in [9.17, 15) is 5.26 Å². The highest BCUT2D eigenvalue weighted by atomic mass is 14.9. The number of nitriles is 1. The van der Waals surface area contributed by atoms with Gasteiger partial charge in [0, 0.05) is 16.7 Å². The van der Waals surface area contributed by atoms with E-state index in [-0.39, 0.29) is 5.41 Å². The van der Waals surface area contributed by atoms with Gasteiger partial charge in [-0.3, -0.25) is 0 Å². The molecule has 5 aromatic rings. The smallest absolute Gasteiger partial charge is 0.160 e. The molecule has 3 heteroatoms. The number of aromatic nitrogens is 2. The van der Waals surface area contributed by atoms with Crippen molar-refractivity contribution < 1.29 is 0 Å². The summed E-state index contributed by atoms with van der Waals surface area (Å²) < 4.78 is 0. The van der Waals surface area contributed by atoms with E-state index in [1.165, 1.54) is 75.3 Å². The molecule has 4 fully saturated rings. The number of hydrogen-bond acceptors (Lipinski definition) is 3. The van der Waals surface area contributed by atoms with Crippen LogP contribution in [0.1, 0.15) is 109 Å². The van der Waals surface area contributed by atoms with Gasteiger partial charge in [-0.05, 0) is 163 Å². The second-order valence-electron chi connectivity index (χ2n) is 18.8. The van der Waals surface area contributed by atoms with Crippen LogP contribution >= 0.6 is 0 Å². The molecule has 0 aliphatic heterocycles. The summed E-state index contributed by atoms with van der Waals surface area (Å²) in [4.78, 5) is 10.8. The molecule has 4 unspecified atom stereocenters. The van der Waals surface area contributed by atoms with Gasteiger partial charge in [0.1, 0.15) is 0 Å².